The van der Waals surface area contributed by atoms with Gasteiger partial charge in [-0.25, -0.2) is 42.5 Å². The maximum atomic E-state index is 11.7. The summed E-state index contributed by atoms with van der Waals surface area (Å²) in [6.07, 6.45) is 0. The summed E-state index contributed by atoms with van der Waals surface area (Å²) in [7, 11) is 0. The zero-order valence-corrected chi connectivity index (χ0v) is 17.9. The number of hydrogen-bond acceptors (Lipinski definition) is 6. The summed E-state index contributed by atoms with van der Waals surface area (Å²) in [5.74, 6) is -2.30. The van der Waals surface area contributed by atoms with Crippen molar-refractivity contribution >= 4 is 68.3 Å². The van der Waals surface area contributed by atoms with Crippen molar-refractivity contribution in [2.45, 2.75) is 0 Å². The molecule has 4 aromatic heterocycles. The van der Waals surface area contributed by atoms with E-state index >= 15 is 0 Å². The van der Waals surface area contributed by atoms with E-state index < -0.39 is 17.9 Å². The van der Waals surface area contributed by atoms with Crippen LogP contribution in [0.4, 0.5) is 0 Å². The molecule has 0 aliphatic heterocycles. The molecule has 4 heterocycles. The Balaban J connectivity index is 1.80. The molecule has 174 valence electrons. The summed E-state index contributed by atoms with van der Waals surface area (Å²) in [4.78, 5) is 49.2. The molecule has 7 rings (SSSR count). The van der Waals surface area contributed by atoms with E-state index in [0.717, 1.165) is 0 Å². The van der Waals surface area contributed by atoms with Crippen LogP contribution < -0.4 is 0 Å². The van der Waals surface area contributed by atoms with Crippen LogP contribution in [0.15, 0.2) is 54.6 Å². The Labute approximate surface area is 197 Å². The van der Waals surface area contributed by atoms with Crippen LogP contribution >= 0.6 is 0 Å². The molecule has 0 spiro atoms. The maximum absolute atomic E-state index is 11.7. The number of imidazole rings is 3. The van der Waals surface area contributed by atoms with E-state index in [-0.39, 0.29) is 16.7 Å². The summed E-state index contributed by atoms with van der Waals surface area (Å²) in [5, 5.41) is 28.6. The lowest BCUT2D eigenvalue weighted by Crippen LogP contribution is -2.05. The first-order chi connectivity index (χ1) is 17.3. The van der Waals surface area contributed by atoms with Gasteiger partial charge >= 0.3 is 17.9 Å². The lowest BCUT2D eigenvalue weighted by atomic mass is 10.2. The fourth-order valence-electron chi connectivity index (χ4n) is 4.63. The van der Waals surface area contributed by atoms with Crippen molar-refractivity contribution in [1.82, 2.24) is 28.2 Å². The smallest absolute Gasteiger partial charge is 0.335 e. The van der Waals surface area contributed by atoms with Crippen molar-refractivity contribution in [3.63, 3.8) is 0 Å². The van der Waals surface area contributed by atoms with Gasteiger partial charge in [0, 0.05) is 0 Å². The highest BCUT2D eigenvalue weighted by Gasteiger charge is 2.22. The Kier molecular flexibility index (Phi) is 3.61. The van der Waals surface area contributed by atoms with Crippen LogP contribution in [-0.2, 0) is 0 Å². The SMILES string of the molecule is O=C(O)c1ccc2nc3n(c2c1)c1nc2ccc(C(=O)O)cc2n1c1nc2ccc(C(=O)O)cc2n31. The van der Waals surface area contributed by atoms with E-state index in [2.05, 4.69) is 0 Å². The molecule has 12 heteroatoms. The van der Waals surface area contributed by atoms with Crippen LogP contribution in [0.3, 0.4) is 0 Å². The lowest BCUT2D eigenvalue weighted by molar-refractivity contribution is 0.0686. The third-order valence-corrected chi connectivity index (χ3v) is 6.25. The summed E-state index contributed by atoms with van der Waals surface area (Å²) in [5.41, 5.74) is 3.00. The fraction of sp³-hybridized carbons (Fsp3) is 0. The second-order valence-electron chi connectivity index (χ2n) is 8.27. The van der Waals surface area contributed by atoms with Crippen LogP contribution in [0.2, 0.25) is 0 Å². The lowest BCUT2D eigenvalue weighted by Gasteiger charge is -2.06. The molecule has 36 heavy (non-hydrogen) atoms. The van der Waals surface area contributed by atoms with Crippen LogP contribution in [-0.4, -0.2) is 61.4 Å². The number of benzene rings is 3. The Hall–Kier alpha value is -5.52. The summed E-state index contributed by atoms with van der Waals surface area (Å²) < 4.78 is 4.97. The summed E-state index contributed by atoms with van der Waals surface area (Å²) >= 11 is 0. The van der Waals surface area contributed by atoms with E-state index in [4.69, 9.17) is 15.0 Å². The molecule has 0 aliphatic carbocycles. The first-order valence-corrected chi connectivity index (χ1v) is 10.6. The van der Waals surface area contributed by atoms with Crippen molar-refractivity contribution < 1.29 is 29.7 Å². The van der Waals surface area contributed by atoms with Gasteiger partial charge in [0.25, 0.3) is 0 Å². The highest BCUT2D eigenvalue weighted by Crippen LogP contribution is 2.29. The highest BCUT2D eigenvalue weighted by atomic mass is 16.4. The van der Waals surface area contributed by atoms with Crippen LogP contribution in [0, 0.1) is 0 Å². The number of aromatic nitrogens is 6. The van der Waals surface area contributed by atoms with Crippen LogP contribution in [0.5, 0.6) is 0 Å². The number of rotatable bonds is 3. The highest BCUT2D eigenvalue weighted by molar-refractivity contribution is 5.98. The van der Waals surface area contributed by atoms with Gasteiger partial charge in [-0.2, -0.15) is 0 Å². The molecule has 0 saturated carbocycles. The monoisotopic (exact) mass is 480 g/mol. The predicted molar refractivity (Wildman–Crippen MR) is 126 cm³/mol. The number of carboxylic acids is 3. The molecule has 3 aromatic carbocycles. The molecule has 7 aromatic rings. The number of carboxylic acid groups (broad SMARTS) is 3. The molecule has 0 bridgehead atoms. The molecule has 0 aliphatic rings. The minimum absolute atomic E-state index is 0.0514. The Morgan fingerprint density at radius 2 is 0.778 bits per heavy atom. The summed E-state index contributed by atoms with van der Waals surface area (Å²) in [6.45, 7) is 0. The number of fused-ring (bicyclic) bond motifs is 12. The topological polar surface area (TPSA) is 164 Å². The van der Waals surface area contributed by atoms with Gasteiger partial charge in [-0.3, -0.25) is 0 Å². The largest absolute Gasteiger partial charge is 0.478 e. The first-order valence-electron chi connectivity index (χ1n) is 10.6. The predicted octanol–water partition coefficient (Wildman–Crippen LogP) is 3.18. The number of carbonyl (C=O) groups is 3. The van der Waals surface area contributed by atoms with Gasteiger partial charge in [0.1, 0.15) is 0 Å². The molecule has 0 fully saturated rings. The van der Waals surface area contributed by atoms with Gasteiger partial charge in [0.2, 0.25) is 17.3 Å². The molecule has 0 saturated heterocycles. The third-order valence-electron chi connectivity index (χ3n) is 6.25. The Bertz CT molecular complexity index is 1880. The van der Waals surface area contributed by atoms with Gasteiger partial charge in [-0.05, 0) is 54.6 Å². The number of nitrogens with zero attached hydrogens (tertiary/aromatic N) is 6. The van der Waals surface area contributed by atoms with Gasteiger partial charge < -0.3 is 15.3 Å². The number of aromatic carboxylic acids is 3. The Morgan fingerprint density at radius 1 is 0.500 bits per heavy atom. The van der Waals surface area contributed by atoms with E-state index in [9.17, 15) is 29.7 Å². The van der Waals surface area contributed by atoms with Crippen molar-refractivity contribution in [2.24, 2.45) is 0 Å². The molecular formula is C24H12N6O6. The van der Waals surface area contributed by atoms with Crippen molar-refractivity contribution in [1.29, 1.82) is 0 Å². The normalized spacial score (nSPS) is 12.0. The minimum Gasteiger partial charge on any atom is -0.478 e. The van der Waals surface area contributed by atoms with Gasteiger partial charge in [0.05, 0.1) is 49.8 Å². The second-order valence-corrected chi connectivity index (χ2v) is 8.27. The second kappa shape index (κ2) is 6.54. The van der Waals surface area contributed by atoms with E-state index in [1.54, 1.807) is 31.4 Å². The van der Waals surface area contributed by atoms with E-state index in [0.29, 0.717) is 50.4 Å². The average Bonchev–Trinajstić information content (AvgIpc) is 3.52. The molecular weight excluding hydrogens is 468 g/mol. The molecule has 12 nitrogen and oxygen atoms in total. The van der Waals surface area contributed by atoms with Gasteiger partial charge in [-0.1, -0.05) is 0 Å². The number of hydrogen-bond donors (Lipinski definition) is 3. The molecule has 0 amide bonds. The minimum atomic E-state index is -1.11. The fourth-order valence-corrected chi connectivity index (χ4v) is 4.63. The summed E-state index contributed by atoms with van der Waals surface area (Å²) in [6, 6.07) is 13.5. The third kappa shape index (κ3) is 2.46. The molecule has 3 N–H and O–H groups in total. The quantitative estimate of drug-likeness (QED) is 0.344. The Morgan fingerprint density at radius 3 is 1.03 bits per heavy atom. The van der Waals surface area contributed by atoms with Crippen molar-refractivity contribution in [2.75, 3.05) is 0 Å². The molecule has 0 atom stereocenters. The van der Waals surface area contributed by atoms with E-state index in [1.807, 2.05) is 0 Å². The average molecular weight is 480 g/mol. The van der Waals surface area contributed by atoms with Crippen molar-refractivity contribution in [3.8, 4) is 0 Å². The van der Waals surface area contributed by atoms with Gasteiger partial charge in [0.15, 0.2) is 0 Å². The molecule has 0 unspecified atom stereocenters. The van der Waals surface area contributed by atoms with Crippen LogP contribution in [0.25, 0.3) is 50.4 Å². The van der Waals surface area contributed by atoms with Crippen molar-refractivity contribution in [3.05, 3.63) is 71.3 Å². The van der Waals surface area contributed by atoms with Crippen LogP contribution in [0.1, 0.15) is 31.1 Å². The van der Waals surface area contributed by atoms with E-state index in [1.165, 1.54) is 36.4 Å². The van der Waals surface area contributed by atoms with Gasteiger partial charge in [-0.15, -0.1) is 0 Å². The zero-order valence-electron chi connectivity index (χ0n) is 17.9. The standard InChI is InChI=1S/C24H12N6O6/c31-19(32)10-1-4-13-16(7-10)28-22(25-13)29-17-8-11(20(33)34)2-5-14(17)27-24(29)30-18-9-12(21(35)36)3-6-15(18)26-23(28)30/h1-9H,(H,31,32)(H,33,34)(H,35,36). The molecule has 0 radical (unpaired) electrons. The zero-order chi connectivity index (χ0) is 24.9. The first kappa shape index (κ1) is 19.9. The maximum Gasteiger partial charge on any atom is 0.335 e.